The Morgan fingerprint density at radius 2 is 1.91 bits per heavy atom. The molecule has 116 valence electrons. The number of hydrogen-bond donors (Lipinski definition) is 1. The maximum absolute atomic E-state index is 12.1. The molecule has 0 atom stereocenters. The highest BCUT2D eigenvalue weighted by atomic mass is 16.1. The van der Waals surface area contributed by atoms with Gasteiger partial charge in [-0.3, -0.25) is 4.79 Å². The number of anilines is 2. The number of carbonyl (C=O) groups is 1. The number of rotatable bonds is 6. The number of aromatic nitrogens is 2. The molecule has 1 amide bonds. The summed E-state index contributed by atoms with van der Waals surface area (Å²) in [7, 11) is 0. The second kappa shape index (κ2) is 7.54. The first-order valence-electron chi connectivity index (χ1n) is 7.62. The number of aryl methyl sites for hydroxylation is 1. The lowest BCUT2D eigenvalue weighted by atomic mass is 10.2. The third kappa shape index (κ3) is 3.81. The molecule has 2 rings (SSSR count). The summed E-state index contributed by atoms with van der Waals surface area (Å²) >= 11 is 0. The van der Waals surface area contributed by atoms with Gasteiger partial charge >= 0.3 is 0 Å². The standard InChI is InChI=1S/C17H22N4O/c1-4-11-18-17(22)15-12-16(20-13(3)19-15)21(5-2)14-9-7-6-8-10-14/h6-10,12H,4-5,11H2,1-3H3,(H,18,22). The van der Waals surface area contributed by atoms with Crippen LogP contribution >= 0.6 is 0 Å². The second-order valence-corrected chi connectivity index (χ2v) is 4.99. The monoisotopic (exact) mass is 298 g/mol. The van der Waals surface area contributed by atoms with Crippen molar-refractivity contribution in [3.63, 3.8) is 0 Å². The van der Waals surface area contributed by atoms with Crippen molar-refractivity contribution in [1.29, 1.82) is 0 Å². The van der Waals surface area contributed by atoms with Crippen molar-refractivity contribution in [2.75, 3.05) is 18.0 Å². The van der Waals surface area contributed by atoms with Crippen LogP contribution in [-0.4, -0.2) is 29.0 Å². The molecule has 1 aromatic heterocycles. The topological polar surface area (TPSA) is 58.1 Å². The molecular weight excluding hydrogens is 276 g/mol. The number of hydrogen-bond acceptors (Lipinski definition) is 4. The molecule has 0 aliphatic heterocycles. The Bertz CT molecular complexity index is 628. The van der Waals surface area contributed by atoms with E-state index in [1.807, 2.05) is 37.3 Å². The van der Waals surface area contributed by atoms with Crippen molar-refractivity contribution < 1.29 is 4.79 Å². The predicted octanol–water partition coefficient (Wildman–Crippen LogP) is 3.08. The van der Waals surface area contributed by atoms with E-state index < -0.39 is 0 Å². The van der Waals surface area contributed by atoms with E-state index in [9.17, 15) is 4.79 Å². The molecule has 0 fully saturated rings. The molecule has 0 unspecified atom stereocenters. The zero-order valence-corrected chi connectivity index (χ0v) is 13.3. The van der Waals surface area contributed by atoms with Crippen LogP contribution in [0.2, 0.25) is 0 Å². The smallest absolute Gasteiger partial charge is 0.270 e. The van der Waals surface area contributed by atoms with E-state index in [-0.39, 0.29) is 5.91 Å². The minimum atomic E-state index is -0.155. The lowest BCUT2D eigenvalue weighted by Crippen LogP contribution is -2.26. The molecule has 1 N–H and O–H groups in total. The Morgan fingerprint density at radius 1 is 1.18 bits per heavy atom. The molecular formula is C17H22N4O. The Hall–Kier alpha value is -2.43. The maximum Gasteiger partial charge on any atom is 0.270 e. The average molecular weight is 298 g/mol. The minimum Gasteiger partial charge on any atom is -0.351 e. The van der Waals surface area contributed by atoms with E-state index in [1.165, 1.54) is 0 Å². The number of amides is 1. The van der Waals surface area contributed by atoms with Gasteiger partial charge in [0.25, 0.3) is 5.91 Å². The Morgan fingerprint density at radius 3 is 2.55 bits per heavy atom. The van der Waals surface area contributed by atoms with Crippen LogP contribution in [0.3, 0.4) is 0 Å². The van der Waals surface area contributed by atoms with Crippen molar-refractivity contribution in [2.24, 2.45) is 0 Å². The fourth-order valence-corrected chi connectivity index (χ4v) is 2.22. The summed E-state index contributed by atoms with van der Waals surface area (Å²) in [5.41, 5.74) is 1.45. The van der Waals surface area contributed by atoms with Gasteiger partial charge in [0.15, 0.2) is 0 Å². The van der Waals surface area contributed by atoms with E-state index in [0.29, 0.717) is 18.1 Å². The SMILES string of the molecule is CCCNC(=O)c1cc(N(CC)c2ccccc2)nc(C)n1. The molecule has 2 aromatic rings. The van der Waals surface area contributed by atoms with E-state index in [2.05, 4.69) is 27.1 Å². The largest absolute Gasteiger partial charge is 0.351 e. The summed E-state index contributed by atoms with van der Waals surface area (Å²) in [5, 5.41) is 2.85. The van der Waals surface area contributed by atoms with Gasteiger partial charge in [-0.05, 0) is 32.4 Å². The number of nitrogens with one attached hydrogen (secondary N) is 1. The molecule has 22 heavy (non-hydrogen) atoms. The van der Waals surface area contributed by atoms with Crippen LogP contribution in [0.25, 0.3) is 0 Å². The number of nitrogens with zero attached hydrogens (tertiary/aromatic N) is 3. The first-order valence-corrected chi connectivity index (χ1v) is 7.62. The fraction of sp³-hybridized carbons (Fsp3) is 0.353. The average Bonchev–Trinajstić information content (AvgIpc) is 2.54. The van der Waals surface area contributed by atoms with Gasteiger partial charge in [-0.1, -0.05) is 25.1 Å². The molecule has 0 radical (unpaired) electrons. The van der Waals surface area contributed by atoms with Crippen molar-refractivity contribution >= 4 is 17.4 Å². The molecule has 0 bridgehead atoms. The zero-order valence-electron chi connectivity index (χ0n) is 13.3. The van der Waals surface area contributed by atoms with Gasteiger partial charge in [0.2, 0.25) is 0 Å². The third-order valence-electron chi connectivity index (χ3n) is 3.25. The number of benzene rings is 1. The van der Waals surface area contributed by atoms with Crippen LogP contribution in [-0.2, 0) is 0 Å². The first kappa shape index (κ1) is 15.9. The van der Waals surface area contributed by atoms with Crippen LogP contribution in [0.15, 0.2) is 36.4 Å². The van der Waals surface area contributed by atoms with Gasteiger partial charge in [0, 0.05) is 24.8 Å². The Kier molecular flexibility index (Phi) is 5.47. The highest BCUT2D eigenvalue weighted by molar-refractivity contribution is 5.93. The molecule has 1 heterocycles. The van der Waals surface area contributed by atoms with Gasteiger partial charge < -0.3 is 10.2 Å². The summed E-state index contributed by atoms with van der Waals surface area (Å²) in [6, 6.07) is 11.7. The number of carbonyl (C=O) groups excluding carboxylic acids is 1. The first-order chi connectivity index (χ1) is 10.7. The van der Waals surface area contributed by atoms with E-state index in [4.69, 9.17) is 0 Å². The quantitative estimate of drug-likeness (QED) is 0.890. The summed E-state index contributed by atoms with van der Waals surface area (Å²) in [5.74, 6) is 1.18. The summed E-state index contributed by atoms with van der Waals surface area (Å²) in [4.78, 5) is 22.9. The highest BCUT2D eigenvalue weighted by Gasteiger charge is 2.14. The normalized spacial score (nSPS) is 10.3. The van der Waals surface area contributed by atoms with Crippen molar-refractivity contribution in [1.82, 2.24) is 15.3 Å². The molecule has 0 aliphatic rings. The van der Waals surface area contributed by atoms with E-state index >= 15 is 0 Å². The van der Waals surface area contributed by atoms with Crippen molar-refractivity contribution in [3.8, 4) is 0 Å². The Labute approximate surface area is 131 Å². The van der Waals surface area contributed by atoms with Gasteiger partial charge in [-0.2, -0.15) is 0 Å². The van der Waals surface area contributed by atoms with Crippen LogP contribution in [0.5, 0.6) is 0 Å². The fourth-order valence-electron chi connectivity index (χ4n) is 2.22. The summed E-state index contributed by atoms with van der Waals surface area (Å²) < 4.78 is 0. The molecule has 5 nitrogen and oxygen atoms in total. The second-order valence-electron chi connectivity index (χ2n) is 4.99. The van der Waals surface area contributed by atoms with Gasteiger partial charge in [-0.25, -0.2) is 9.97 Å². The third-order valence-corrected chi connectivity index (χ3v) is 3.25. The van der Waals surface area contributed by atoms with Crippen LogP contribution in [0, 0.1) is 6.92 Å². The molecule has 0 saturated heterocycles. The van der Waals surface area contributed by atoms with Crippen LogP contribution < -0.4 is 10.2 Å². The molecule has 0 saturated carbocycles. The number of para-hydroxylation sites is 1. The van der Waals surface area contributed by atoms with Gasteiger partial charge in [-0.15, -0.1) is 0 Å². The van der Waals surface area contributed by atoms with Gasteiger partial charge in [0.1, 0.15) is 17.3 Å². The lowest BCUT2D eigenvalue weighted by Gasteiger charge is -2.22. The zero-order chi connectivity index (χ0) is 15.9. The van der Waals surface area contributed by atoms with Crippen molar-refractivity contribution in [2.45, 2.75) is 27.2 Å². The molecule has 1 aromatic carbocycles. The van der Waals surface area contributed by atoms with Crippen LogP contribution in [0.1, 0.15) is 36.6 Å². The lowest BCUT2D eigenvalue weighted by molar-refractivity contribution is 0.0948. The van der Waals surface area contributed by atoms with Crippen LogP contribution in [0.4, 0.5) is 11.5 Å². The predicted molar refractivity (Wildman–Crippen MR) is 88.5 cm³/mol. The van der Waals surface area contributed by atoms with Crippen molar-refractivity contribution in [3.05, 3.63) is 47.9 Å². The Balaban J connectivity index is 2.34. The maximum atomic E-state index is 12.1. The van der Waals surface area contributed by atoms with E-state index in [0.717, 1.165) is 24.5 Å². The summed E-state index contributed by atoms with van der Waals surface area (Å²) in [6.45, 7) is 7.29. The molecule has 0 spiro atoms. The highest BCUT2D eigenvalue weighted by Crippen LogP contribution is 2.23. The molecule has 0 aliphatic carbocycles. The molecule has 5 heteroatoms. The van der Waals surface area contributed by atoms with E-state index in [1.54, 1.807) is 13.0 Å². The van der Waals surface area contributed by atoms with Gasteiger partial charge in [0.05, 0.1) is 0 Å². The minimum absolute atomic E-state index is 0.155. The summed E-state index contributed by atoms with van der Waals surface area (Å²) in [6.07, 6.45) is 0.897.